The maximum absolute atomic E-state index is 13.7. The van der Waals surface area contributed by atoms with Gasteiger partial charge in [-0.1, -0.05) is 17.3 Å². The highest BCUT2D eigenvalue weighted by Crippen LogP contribution is 2.33. The Morgan fingerprint density at radius 3 is 2.92 bits per heavy atom. The van der Waals surface area contributed by atoms with E-state index in [4.69, 9.17) is 14.4 Å². The highest BCUT2D eigenvalue weighted by Gasteiger charge is 2.44. The fourth-order valence-corrected chi connectivity index (χ4v) is 2.90. The fraction of sp³-hybridized carbons (Fsp3) is 0.471. The number of ether oxygens (including phenoxy) is 1. The minimum Gasteiger partial charge on any atom is -0.485 e. The number of carbonyl (C=O) groups is 1. The largest absolute Gasteiger partial charge is 0.485 e. The maximum atomic E-state index is 13.7. The SMILES string of the molecule is Cc1nc(COc2ccccc2C(=O)N2CCC(C(F)(F)CO)C2)no1. The Kier molecular flexibility index (Phi) is 5.17. The molecule has 26 heavy (non-hydrogen) atoms. The van der Waals surface area contributed by atoms with Gasteiger partial charge in [-0.2, -0.15) is 4.98 Å². The molecule has 1 aromatic carbocycles. The molecule has 1 amide bonds. The molecule has 1 saturated heterocycles. The first-order valence-corrected chi connectivity index (χ1v) is 8.19. The Labute approximate surface area is 148 Å². The van der Waals surface area contributed by atoms with Gasteiger partial charge in [-0.15, -0.1) is 0 Å². The van der Waals surface area contributed by atoms with Crippen LogP contribution in [0.2, 0.25) is 0 Å². The van der Waals surface area contributed by atoms with Gasteiger partial charge in [0.2, 0.25) is 11.7 Å². The van der Waals surface area contributed by atoms with Crippen LogP contribution in [0, 0.1) is 12.8 Å². The van der Waals surface area contributed by atoms with Crippen LogP contribution in [-0.4, -0.2) is 51.7 Å². The van der Waals surface area contributed by atoms with Gasteiger partial charge >= 0.3 is 0 Å². The molecule has 1 atom stereocenters. The van der Waals surface area contributed by atoms with E-state index in [1.165, 1.54) is 4.90 Å². The molecule has 3 rings (SSSR count). The summed E-state index contributed by atoms with van der Waals surface area (Å²) < 4.78 is 37.8. The highest BCUT2D eigenvalue weighted by atomic mass is 19.3. The Bertz CT molecular complexity index is 781. The van der Waals surface area contributed by atoms with Crippen molar-refractivity contribution < 1.29 is 27.9 Å². The molecule has 1 fully saturated rings. The molecule has 1 aromatic heterocycles. The summed E-state index contributed by atoms with van der Waals surface area (Å²) in [4.78, 5) is 18.1. The lowest BCUT2D eigenvalue weighted by Gasteiger charge is -2.22. The zero-order valence-electron chi connectivity index (χ0n) is 14.2. The minimum atomic E-state index is -3.19. The molecule has 7 nitrogen and oxygen atoms in total. The summed E-state index contributed by atoms with van der Waals surface area (Å²) in [5.41, 5.74) is 0.278. The average molecular weight is 367 g/mol. The third-order valence-corrected chi connectivity index (χ3v) is 4.33. The molecular formula is C17H19F2N3O4. The number of aliphatic hydroxyl groups excluding tert-OH is 1. The van der Waals surface area contributed by atoms with Crippen molar-refractivity contribution in [3.8, 4) is 5.75 Å². The first kappa shape index (κ1) is 18.2. The normalized spacial score (nSPS) is 17.5. The topological polar surface area (TPSA) is 88.7 Å². The second-order valence-corrected chi connectivity index (χ2v) is 6.17. The number of amides is 1. The number of hydrogen-bond acceptors (Lipinski definition) is 6. The van der Waals surface area contributed by atoms with Gasteiger partial charge < -0.3 is 19.3 Å². The molecular weight excluding hydrogens is 348 g/mol. The molecule has 1 unspecified atom stereocenters. The number of aliphatic hydroxyl groups is 1. The molecule has 0 saturated carbocycles. The Hall–Kier alpha value is -2.55. The van der Waals surface area contributed by atoms with Crippen LogP contribution >= 0.6 is 0 Å². The molecule has 0 spiro atoms. The molecule has 1 N–H and O–H groups in total. The first-order valence-electron chi connectivity index (χ1n) is 8.19. The number of rotatable bonds is 6. The summed E-state index contributed by atoms with van der Waals surface area (Å²) in [5.74, 6) is -3.57. The number of aromatic nitrogens is 2. The third-order valence-electron chi connectivity index (χ3n) is 4.33. The van der Waals surface area contributed by atoms with Crippen LogP contribution in [0.3, 0.4) is 0 Å². The van der Waals surface area contributed by atoms with Gasteiger partial charge in [-0.3, -0.25) is 4.79 Å². The van der Waals surface area contributed by atoms with E-state index in [1.807, 2.05) is 0 Å². The van der Waals surface area contributed by atoms with Crippen LogP contribution < -0.4 is 4.74 Å². The molecule has 1 aliphatic heterocycles. The van der Waals surface area contributed by atoms with Gasteiger partial charge in [-0.05, 0) is 18.6 Å². The summed E-state index contributed by atoms with van der Waals surface area (Å²) >= 11 is 0. The van der Waals surface area contributed by atoms with E-state index in [-0.39, 0.29) is 37.6 Å². The van der Waals surface area contributed by atoms with Gasteiger partial charge in [0, 0.05) is 25.9 Å². The monoisotopic (exact) mass is 367 g/mol. The second kappa shape index (κ2) is 7.36. The predicted octanol–water partition coefficient (Wildman–Crippen LogP) is 2.05. The zero-order valence-corrected chi connectivity index (χ0v) is 14.2. The van der Waals surface area contributed by atoms with E-state index in [2.05, 4.69) is 10.1 Å². The Morgan fingerprint density at radius 2 is 2.23 bits per heavy atom. The van der Waals surface area contributed by atoms with E-state index in [9.17, 15) is 13.6 Å². The van der Waals surface area contributed by atoms with Crippen molar-refractivity contribution in [2.45, 2.75) is 25.9 Å². The summed E-state index contributed by atoms with van der Waals surface area (Å²) in [5, 5.41) is 12.5. The smallest absolute Gasteiger partial charge is 0.275 e. The first-order chi connectivity index (χ1) is 12.4. The third kappa shape index (κ3) is 3.82. The van der Waals surface area contributed by atoms with Gasteiger partial charge in [0.05, 0.1) is 5.56 Å². The lowest BCUT2D eigenvalue weighted by Crippen LogP contribution is -2.36. The summed E-state index contributed by atoms with van der Waals surface area (Å²) in [6, 6.07) is 6.58. The molecule has 2 aromatic rings. The van der Waals surface area contributed by atoms with E-state index in [0.29, 0.717) is 17.5 Å². The Balaban J connectivity index is 1.70. The van der Waals surface area contributed by atoms with E-state index >= 15 is 0 Å². The predicted molar refractivity (Wildman–Crippen MR) is 85.9 cm³/mol. The summed E-state index contributed by atoms with van der Waals surface area (Å²) in [7, 11) is 0. The fourth-order valence-electron chi connectivity index (χ4n) is 2.90. The number of carbonyl (C=O) groups excluding carboxylic acids is 1. The van der Waals surface area contributed by atoms with E-state index < -0.39 is 18.4 Å². The van der Waals surface area contributed by atoms with Gasteiger partial charge in [0.1, 0.15) is 12.4 Å². The summed E-state index contributed by atoms with van der Waals surface area (Å²) in [6.45, 7) is 0.554. The van der Waals surface area contributed by atoms with Crippen LogP contribution in [-0.2, 0) is 6.61 Å². The van der Waals surface area contributed by atoms with Crippen molar-refractivity contribution in [3.63, 3.8) is 0 Å². The van der Waals surface area contributed by atoms with Gasteiger partial charge in [-0.25, -0.2) is 8.78 Å². The number of nitrogens with zero attached hydrogens (tertiary/aromatic N) is 3. The zero-order chi connectivity index (χ0) is 18.7. The number of aryl methyl sites for hydroxylation is 1. The van der Waals surface area contributed by atoms with Crippen molar-refractivity contribution in [2.75, 3.05) is 19.7 Å². The van der Waals surface area contributed by atoms with Crippen molar-refractivity contribution in [2.24, 2.45) is 5.92 Å². The van der Waals surface area contributed by atoms with Crippen LogP contribution in [0.15, 0.2) is 28.8 Å². The Morgan fingerprint density at radius 1 is 1.46 bits per heavy atom. The molecule has 0 aliphatic carbocycles. The highest BCUT2D eigenvalue weighted by molar-refractivity contribution is 5.97. The number of benzene rings is 1. The molecule has 0 radical (unpaired) electrons. The summed E-state index contributed by atoms with van der Waals surface area (Å²) in [6.07, 6.45) is 0.143. The van der Waals surface area contributed by atoms with Crippen LogP contribution in [0.25, 0.3) is 0 Å². The second-order valence-electron chi connectivity index (χ2n) is 6.17. The molecule has 1 aliphatic rings. The standard InChI is InChI=1S/C17H19F2N3O4/c1-11-20-15(21-26-11)9-25-14-5-3-2-4-13(14)16(24)22-7-6-12(8-22)17(18,19)10-23/h2-5,12,23H,6-10H2,1H3. The minimum absolute atomic E-state index is 0.0207. The van der Waals surface area contributed by atoms with E-state index in [1.54, 1.807) is 31.2 Å². The maximum Gasteiger partial charge on any atom is 0.275 e. The van der Waals surface area contributed by atoms with E-state index in [0.717, 1.165) is 0 Å². The quantitative estimate of drug-likeness (QED) is 0.841. The van der Waals surface area contributed by atoms with Crippen molar-refractivity contribution in [3.05, 3.63) is 41.5 Å². The van der Waals surface area contributed by atoms with Crippen molar-refractivity contribution in [1.29, 1.82) is 0 Å². The molecule has 140 valence electrons. The van der Waals surface area contributed by atoms with Crippen LogP contribution in [0.5, 0.6) is 5.75 Å². The molecule has 0 bridgehead atoms. The van der Waals surface area contributed by atoms with Gasteiger partial charge in [0.15, 0.2) is 6.61 Å². The number of para-hydroxylation sites is 1. The molecule has 9 heteroatoms. The lowest BCUT2D eigenvalue weighted by atomic mass is 10.0. The average Bonchev–Trinajstić information content (AvgIpc) is 3.29. The number of hydrogen-bond donors (Lipinski definition) is 1. The lowest BCUT2D eigenvalue weighted by molar-refractivity contribution is -0.0930. The number of alkyl halides is 2. The van der Waals surface area contributed by atoms with Crippen molar-refractivity contribution in [1.82, 2.24) is 15.0 Å². The molecule has 2 heterocycles. The van der Waals surface area contributed by atoms with Crippen LogP contribution in [0.4, 0.5) is 8.78 Å². The number of likely N-dealkylation sites (tertiary alicyclic amines) is 1. The van der Waals surface area contributed by atoms with Crippen LogP contribution in [0.1, 0.15) is 28.5 Å². The number of halogens is 2. The van der Waals surface area contributed by atoms with Gasteiger partial charge in [0.25, 0.3) is 11.8 Å². The van der Waals surface area contributed by atoms with Crippen molar-refractivity contribution >= 4 is 5.91 Å².